The van der Waals surface area contributed by atoms with Crippen LogP contribution in [0, 0.1) is 0 Å². The Kier molecular flexibility index (Phi) is 3.77. The van der Waals surface area contributed by atoms with Gasteiger partial charge in [0.05, 0.1) is 7.11 Å². The molecule has 5 nitrogen and oxygen atoms in total. The summed E-state index contributed by atoms with van der Waals surface area (Å²) in [5.41, 5.74) is 6.72. The molecule has 88 valence electrons. The van der Waals surface area contributed by atoms with Gasteiger partial charge in [0.15, 0.2) is 5.82 Å². The summed E-state index contributed by atoms with van der Waals surface area (Å²) in [5, 5.41) is 0.721. The van der Waals surface area contributed by atoms with Gasteiger partial charge in [0.1, 0.15) is 5.03 Å². The van der Waals surface area contributed by atoms with Crippen LogP contribution in [0.3, 0.4) is 0 Å². The third-order valence-electron chi connectivity index (χ3n) is 2.10. The highest BCUT2D eigenvalue weighted by atomic mass is 32.2. The van der Waals surface area contributed by atoms with Gasteiger partial charge in [-0.05, 0) is 6.07 Å². The standard InChI is InChI=1S/C11H12N4OS/c1-16-10-8(3-2-4-14-10)7-17-11-9(12)13-5-6-15-11/h2-6H,7H2,1H3,(H2,12,13). The van der Waals surface area contributed by atoms with E-state index in [-0.39, 0.29) is 0 Å². The van der Waals surface area contributed by atoms with E-state index in [1.165, 1.54) is 11.8 Å². The molecule has 2 N–H and O–H groups in total. The van der Waals surface area contributed by atoms with E-state index in [0.29, 0.717) is 17.5 Å². The van der Waals surface area contributed by atoms with Crippen LogP contribution in [0.15, 0.2) is 35.7 Å². The molecule has 17 heavy (non-hydrogen) atoms. The predicted molar refractivity (Wildman–Crippen MR) is 66.8 cm³/mol. The second-order valence-electron chi connectivity index (χ2n) is 3.21. The van der Waals surface area contributed by atoms with Gasteiger partial charge in [0, 0.05) is 29.9 Å². The number of rotatable bonds is 4. The van der Waals surface area contributed by atoms with Crippen molar-refractivity contribution in [2.45, 2.75) is 10.8 Å². The van der Waals surface area contributed by atoms with Crippen LogP contribution in [0.2, 0.25) is 0 Å². The minimum Gasteiger partial charge on any atom is -0.481 e. The second-order valence-corrected chi connectivity index (χ2v) is 4.17. The first-order valence-corrected chi connectivity index (χ1v) is 5.97. The largest absolute Gasteiger partial charge is 0.481 e. The van der Waals surface area contributed by atoms with E-state index in [2.05, 4.69) is 15.0 Å². The fourth-order valence-electron chi connectivity index (χ4n) is 1.31. The number of hydrogen-bond donors (Lipinski definition) is 1. The van der Waals surface area contributed by atoms with Crippen LogP contribution in [-0.2, 0) is 5.75 Å². The average molecular weight is 248 g/mol. The smallest absolute Gasteiger partial charge is 0.217 e. The van der Waals surface area contributed by atoms with Gasteiger partial charge in [-0.1, -0.05) is 17.8 Å². The predicted octanol–water partition coefficient (Wildman–Crippen LogP) is 1.75. The van der Waals surface area contributed by atoms with Crippen LogP contribution in [0.1, 0.15) is 5.56 Å². The first kappa shape index (κ1) is 11.7. The van der Waals surface area contributed by atoms with Crippen molar-refractivity contribution in [3.8, 4) is 5.88 Å². The van der Waals surface area contributed by atoms with Gasteiger partial charge in [-0.15, -0.1) is 0 Å². The summed E-state index contributed by atoms with van der Waals surface area (Å²) in [6.07, 6.45) is 4.90. The van der Waals surface area contributed by atoms with E-state index in [1.807, 2.05) is 12.1 Å². The van der Waals surface area contributed by atoms with E-state index < -0.39 is 0 Å². The van der Waals surface area contributed by atoms with Crippen molar-refractivity contribution >= 4 is 17.6 Å². The molecule has 0 spiro atoms. The van der Waals surface area contributed by atoms with Crippen molar-refractivity contribution in [1.82, 2.24) is 15.0 Å². The van der Waals surface area contributed by atoms with Crippen LogP contribution in [0.5, 0.6) is 5.88 Å². The maximum atomic E-state index is 5.71. The van der Waals surface area contributed by atoms with Crippen molar-refractivity contribution in [3.05, 3.63) is 36.3 Å². The second kappa shape index (κ2) is 5.49. The number of ether oxygens (including phenoxy) is 1. The quantitative estimate of drug-likeness (QED) is 0.831. The zero-order valence-electron chi connectivity index (χ0n) is 9.33. The highest BCUT2D eigenvalue weighted by molar-refractivity contribution is 7.98. The third kappa shape index (κ3) is 2.85. The minimum absolute atomic E-state index is 0.445. The maximum Gasteiger partial charge on any atom is 0.217 e. The fraction of sp³-hybridized carbons (Fsp3) is 0.182. The molecule has 2 heterocycles. The molecule has 0 aliphatic heterocycles. The maximum absolute atomic E-state index is 5.71. The summed E-state index contributed by atoms with van der Waals surface area (Å²) in [7, 11) is 1.60. The number of nitrogens with two attached hydrogens (primary N) is 1. The van der Waals surface area contributed by atoms with Crippen LogP contribution in [-0.4, -0.2) is 22.1 Å². The van der Waals surface area contributed by atoms with Crippen LogP contribution < -0.4 is 10.5 Å². The molecule has 2 aromatic heterocycles. The Morgan fingerprint density at radius 2 is 2.06 bits per heavy atom. The van der Waals surface area contributed by atoms with Gasteiger partial charge in [0.25, 0.3) is 0 Å². The number of thioether (sulfide) groups is 1. The molecule has 0 fully saturated rings. The Bertz CT molecular complexity index is 506. The van der Waals surface area contributed by atoms with Crippen molar-refractivity contribution in [3.63, 3.8) is 0 Å². The van der Waals surface area contributed by atoms with Gasteiger partial charge in [-0.25, -0.2) is 15.0 Å². The van der Waals surface area contributed by atoms with E-state index >= 15 is 0 Å². The summed E-state index contributed by atoms with van der Waals surface area (Å²) in [6, 6.07) is 3.84. The molecule has 2 rings (SSSR count). The van der Waals surface area contributed by atoms with Crippen LogP contribution in [0.25, 0.3) is 0 Å². The van der Waals surface area contributed by atoms with E-state index in [9.17, 15) is 0 Å². The summed E-state index contributed by atoms with van der Waals surface area (Å²) in [5.74, 6) is 1.77. The molecule has 2 aromatic rings. The molecule has 0 amide bonds. The Hall–Kier alpha value is -1.82. The summed E-state index contributed by atoms with van der Waals surface area (Å²) < 4.78 is 5.17. The van der Waals surface area contributed by atoms with Gasteiger partial charge < -0.3 is 10.5 Å². The third-order valence-corrected chi connectivity index (χ3v) is 3.14. The Morgan fingerprint density at radius 1 is 1.24 bits per heavy atom. The number of pyridine rings is 1. The lowest BCUT2D eigenvalue weighted by Crippen LogP contribution is -1.96. The number of nitrogens with zero attached hydrogens (tertiary/aromatic N) is 3. The molecule has 0 bridgehead atoms. The summed E-state index contributed by atoms with van der Waals surface area (Å²) in [6.45, 7) is 0. The van der Waals surface area contributed by atoms with Crippen molar-refractivity contribution in [2.75, 3.05) is 12.8 Å². The van der Waals surface area contributed by atoms with E-state index in [4.69, 9.17) is 10.5 Å². The molecule has 0 aliphatic carbocycles. The lowest BCUT2D eigenvalue weighted by atomic mass is 10.3. The molecule has 0 unspecified atom stereocenters. The monoisotopic (exact) mass is 248 g/mol. The lowest BCUT2D eigenvalue weighted by Gasteiger charge is -2.06. The highest BCUT2D eigenvalue weighted by Gasteiger charge is 2.06. The topological polar surface area (TPSA) is 73.9 Å². The number of nitrogen functional groups attached to an aromatic ring is 1. The first-order valence-electron chi connectivity index (χ1n) is 4.98. The lowest BCUT2D eigenvalue weighted by molar-refractivity contribution is 0.394. The minimum atomic E-state index is 0.445. The Balaban J connectivity index is 2.10. The zero-order valence-corrected chi connectivity index (χ0v) is 10.1. The number of methoxy groups -OCH3 is 1. The van der Waals surface area contributed by atoms with Gasteiger partial charge in [-0.2, -0.15) is 0 Å². The molecule has 0 atom stereocenters. The normalized spacial score (nSPS) is 10.2. The number of hydrogen-bond acceptors (Lipinski definition) is 6. The first-order chi connectivity index (χ1) is 8.31. The average Bonchev–Trinajstić information content (AvgIpc) is 2.38. The van der Waals surface area contributed by atoms with Crippen molar-refractivity contribution < 1.29 is 4.74 Å². The number of aromatic nitrogens is 3. The molecule has 0 aliphatic rings. The fourth-order valence-corrected chi connectivity index (χ4v) is 2.16. The van der Waals surface area contributed by atoms with Gasteiger partial charge in [-0.3, -0.25) is 0 Å². The molecule has 0 aromatic carbocycles. The highest BCUT2D eigenvalue weighted by Crippen LogP contribution is 2.27. The zero-order chi connectivity index (χ0) is 12.1. The summed E-state index contributed by atoms with van der Waals surface area (Å²) in [4.78, 5) is 12.3. The van der Waals surface area contributed by atoms with Crippen molar-refractivity contribution in [1.29, 1.82) is 0 Å². The van der Waals surface area contributed by atoms with Crippen LogP contribution >= 0.6 is 11.8 Å². The molecule has 0 radical (unpaired) electrons. The number of anilines is 1. The molecule has 6 heteroatoms. The van der Waals surface area contributed by atoms with Crippen molar-refractivity contribution in [2.24, 2.45) is 0 Å². The summed E-state index contributed by atoms with van der Waals surface area (Å²) >= 11 is 1.51. The van der Waals surface area contributed by atoms with E-state index in [0.717, 1.165) is 10.6 Å². The van der Waals surface area contributed by atoms with Gasteiger partial charge in [0.2, 0.25) is 5.88 Å². The molecular formula is C11H12N4OS. The van der Waals surface area contributed by atoms with E-state index in [1.54, 1.807) is 25.7 Å². The SMILES string of the molecule is COc1ncccc1CSc1nccnc1N. The molecule has 0 saturated carbocycles. The van der Waals surface area contributed by atoms with Gasteiger partial charge >= 0.3 is 0 Å². The Morgan fingerprint density at radius 3 is 2.82 bits per heavy atom. The van der Waals surface area contributed by atoms with Crippen LogP contribution in [0.4, 0.5) is 5.82 Å². The Labute approximate surface area is 103 Å². The molecular weight excluding hydrogens is 236 g/mol. The molecule has 0 saturated heterocycles.